The van der Waals surface area contributed by atoms with Crippen molar-refractivity contribution in [3.63, 3.8) is 0 Å². The Morgan fingerprint density at radius 1 is 1.56 bits per heavy atom. The highest BCUT2D eigenvalue weighted by Crippen LogP contribution is 2.09. The van der Waals surface area contributed by atoms with E-state index in [1.54, 1.807) is 18.5 Å². The van der Waals surface area contributed by atoms with Crippen LogP contribution in [0.5, 0.6) is 0 Å². The van der Waals surface area contributed by atoms with Gasteiger partial charge in [-0.15, -0.1) is 5.10 Å². The Bertz CT molecular complexity index is 532. The van der Waals surface area contributed by atoms with Gasteiger partial charge in [0, 0.05) is 6.20 Å². The van der Waals surface area contributed by atoms with Crippen LogP contribution in [0.4, 0.5) is 0 Å². The molecule has 0 spiro atoms. The number of aryl methyl sites for hydroxylation is 1. The van der Waals surface area contributed by atoms with Crippen LogP contribution in [0.15, 0.2) is 29.8 Å². The maximum absolute atomic E-state index is 8.65. The molecule has 0 amide bonds. The zero-order valence-corrected chi connectivity index (χ0v) is 8.57. The first-order valence-corrected chi connectivity index (χ1v) is 4.53. The molecule has 0 aliphatic carbocycles. The normalized spacial score (nSPS) is 11.7. The van der Waals surface area contributed by atoms with Gasteiger partial charge in [-0.3, -0.25) is 0 Å². The Labute approximate surface area is 91.2 Å². The highest BCUT2D eigenvalue weighted by atomic mass is 16.4. The molecule has 2 aromatic heterocycles. The van der Waals surface area contributed by atoms with Gasteiger partial charge in [0.2, 0.25) is 0 Å². The Morgan fingerprint density at radius 2 is 2.38 bits per heavy atom. The first-order chi connectivity index (χ1) is 7.72. The zero-order chi connectivity index (χ0) is 11.5. The van der Waals surface area contributed by atoms with Gasteiger partial charge in [-0.25, -0.2) is 4.68 Å². The number of hydrogen-bond acceptors (Lipinski definition) is 5. The van der Waals surface area contributed by atoms with Crippen molar-refractivity contribution in [2.45, 2.75) is 6.92 Å². The predicted molar refractivity (Wildman–Crippen MR) is 56.4 cm³/mol. The maximum atomic E-state index is 8.65. The van der Waals surface area contributed by atoms with Crippen LogP contribution < -0.4 is 5.73 Å². The van der Waals surface area contributed by atoms with Crippen molar-refractivity contribution in [1.82, 2.24) is 20.0 Å². The molecule has 0 saturated heterocycles. The van der Waals surface area contributed by atoms with E-state index in [0.717, 1.165) is 5.56 Å². The van der Waals surface area contributed by atoms with Crippen molar-refractivity contribution < 1.29 is 5.21 Å². The van der Waals surface area contributed by atoms with Crippen LogP contribution in [0, 0.1) is 6.92 Å². The summed E-state index contributed by atoms with van der Waals surface area (Å²) in [5.41, 5.74) is 6.99. The Morgan fingerprint density at radius 3 is 3.00 bits per heavy atom. The molecule has 0 aliphatic heterocycles. The Kier molecular flexibility index (Phi) is 2.50. The van der Waals surface area contributed by atoms with E-state index >= 15 is 0 Å². The molecule has 0 bridgehead atoms. The minimum atomic E-state index is -0.0296. The lowest BCUT2D eigenvalue weighted by Gasteiger charge is -2.04. The van der Waals surface area contributed by atoms with Crippen LogP contribution in [0.25, 0.3) is 5.82 Å². The molecule has 7 heteroatoms. The van der Waals surface area contributed by atoms with Gasteiger partial charge < -0.3 is 10.9 Å². The number of nitrogens with two attached hydrogens (primary N) is 1. The fourth-order valence-electron chi connectivity index (χ4n) is 1.28. The second-order valence-electron chi connectivity index (χ2n) is 3.22. The minimum Gasteiger partial charge on any atom is -0.409 e. The Balaban J connectivity index is 2.57. The van der Waals surface area contributed by atoms with Crippen molar-refractivity contribution in [1.29, 1.82) is 0 Å². The number of rotatable bonds is 2. The largest absolute Gasteiger partial charge is 0.409 e. The number of hydrogen-bond donors (Lipinski definition) is 2. The molecule has 16 heavy (non-hydrogen) atoms. The maximum Gasteiger partial charge on any atom is 0.186 e. The van der Waals surface area contributed by atoms with Gasteiger partial charge in [0.15, 0.2) is 11.7 Å². The quantitative estimate of drug-likeness (QED) is 0.321. The van der Waals surface area contributed by atoms with Gasteiger partial charge in [-0.05, 0) is 18.6 Å². The molecule has 2 heterocycles. The summed E-state index contributed by atoms with van der Waals surface area (Å²) in [6, 6.07) is 1.61. The number of amidine groups is 1. The number of nitrogens with zero attached hydrogens (tertiary/aromatic N) is 5. The van der Waals surface area contributed by atoms with Crippen molar-refractivity contribution >= 4 is 5.84 Å². The third kappa shape index (κ3) is 1.70. The monoisotopic (exact) mass is 218 g/mol. The van der Waals surface area contributed by atoms with Gasteiger partial charge >= 0.3 is 0 Å². The van der Waals surface area contributed by atoms with E-state index < -0.39 is 0 Å². The van der Waals surface area contributed by atoms with Gasteiger partial charge in [-0.2, -0.15) is 10.2 Å². The molecule has 3 N–H and O–H groups in total. The molecule has 0 fully saturated rings. The third-order valence-corrected chi connectivity index (χ3v) is 2.01. The van der Waals surface area contributed by atoms with Gasteiger partial charge in [0.1, 0.15) is 0 Å². The van der Waals surface area contributed by atoms with Crippen molar-refractivity contribution in [3.8, 4) is 5.82 Å². The topological polar surface area (TPSA) is 102 Å². The molecule has 82 valence electrons. The lowest BCUT2D eigenvalue weighted by molar-refractivity contribution is 0.318. The molecule has 7 nitrogen and oxygen atoms in total. The average Bonchev–Trinajstić information content (AvgIpc) is 2.75. The van der Waals surface area contributed by atoms with E-state index in [1.807, 2.05) is 6.92 Å². The van der Waals surface area contributed by atoms with E-state index in [9.17, 15) is 0 Å². The van der Waals surface area contributed by atoms with E-state index in [4.69, 9.17) is 10.9 Å². The summed E-state index contributed by atoms with van der Waals surface area (Å²) < 4.78 is 1.52. The molecule has 2 rings (SSSR count). The van der Waals surface area contributed by atoms with Crippen molar-refractivity contribution in [2.75, 3.05) is 0 Å². The fourth-order valence-corrected chi connectivity index (χ4v) is 1.28. The van der Waals surface area contributed by atoms with E-state index in [0.29, 0.717) is 11.4 Å². The second kappa shape index (κ2) is 3.97. The summed E-state index contributed by atoms with van der Waals surface area (Å²) in [6.07, 6.45) is 4.93. The molecule has 0 radical (unpaired) electrons. The lowest BCUT2D eigenvalue weighted by atomic mass is 10.2. The van der Waals surface area contributed by atoms with E-state index in [2.05, 4.69) is 20.5 Å². The Hall–Kier alpha value is -2.44. The summed E-state index contributed by atoms with van der Waals surface area (Å²) in [4.78, 5) is 0. The highest BCUT2D eigenvalue weighted by Gasteiger charge is 2.11. The van der Waals surface area contributed by atoms with E-state index in [-0.39, 0.29) is 5.84 Å². The van der Waals surface area contributed by atoms with E-state index in [1.165, 1.54) is 10.9 Å². The average molecular weight is 218 g/mol. The van der Waals surface area contributed by atoms with Crippen LogP contribution in [-0.4, -0.2) is 31.0 Å². The van der Waals surface area contributed by atoms with Crippen LogP contribution in [0.1, 0.15) is 11.1 Å². The first-order valence-electron chi connectivity index (χ1n) is 4.53. The molecule has 0 aromatic carbocycles. The van der Waals surface area contributed by atoms with Gasteiger partial charge in [-0.1, -0.05) is 5.16 Å². The molecular weight excluding hydrogens is 208 g/mol. The summed E-state index contributed by atoms with van der Waals surface area (Å²) in [5, 5.41) is 23.3. The molecule has 0 atom stereocenters. The summed E-state index contributed by atoms with van der Waals surface area (Å²) >= 11 is 0. The van der Waals surface area contributed by atoms with Crippen molar-refractivity contribution in [2.24, 2.45) is 10.9 Å². The zero-order valence-electron chi connectivity index (χ0n) is 8.57. The van der Waals surface area contributed by atoms with Crippen LogP contribution in [0.3, 0.4) is 0 Å². The standard InChI is InChI=1S/C9H10N6O/c1-6-4-12-15(5-6)9-7(8(10)14-16)2-3-11-13-9/h2-5,16H,1H3,(H2,10,14). The van der Waals surface area contributed by atoms with Crippen molar-refractivity contribution in [3.05, 3.63) is 35.8 Å². The second-order valence-corrected chi connectivity index (χ2v) is 3.22. The van der Waals surface area contributed by atoms with Gasteiger partial charge in [0.25, 0.3) is 0 Å². The first kappa shape index (κ1) is 10.1. The van der Waals surface area contributed by atoms with Gasteiger partial charge in [0.05, 0.1) is 18.0 Å². The number of oxime groups is 1. The highest BCUT2D eigenvalue weighted by molar-refractivity contribution is 5.99. The predicted octanol–water partition coefficient (Wildman–Crippen LogP) is 0.0652. The lowest BCUT2D eigenvalue weighted by Crippen LogP contribution is -2.18. The molecule has 2 aromatic rings. The molecule has 0 unspecified atom stereocenters. The fraction of sp³-hybridized carbons (Fsp3) is 0.111. The summed E-state index contributed by atoms with van der Waals surface area (Å²) in [7, 11) is 0. The SMILES string of the molecule is Cc1cnn(-c2nnccc2/C(N)=N/O)c1. The summed E-state index contributed by atoms with van der Waals surface area (Å²) in [5.74, 6) is 0.393. The van der Waals surface area contributed by atoms with Crippen LogP contribution in [-0.2, 0) is 0 Å². The smallest absolute Gasteiger partial charge is 0.186 e. The summed E-state index contributed by atoms with van der Waals surface area (Å²) in [6.45, 7) is 1.91. The minimum absolute atomic E-state index is 0.0296. The van der Waals surface area contributed by atoms with Crippen LogP contribution >= 0.6 is 0 Å². The molecule has 0 aliphatic rings. The van der Waals surface area contributed by atoms with Crippen LogP contribution in [0.2, 0.25) is 0 Å². The molecular formula is C9H10N6O. The number of aromatic nitrogens is 4. The third-order valence-electron chi connectivity index (χ3n) is 2.01. The molecule has 0 saturated carbocycles.